The molecule has 6 nitrogen and oxygen atoms in total. The topological polar surface area (TPSA) is 69.9 Å². The minimum absolute atomic E-state index is 0.0141. The summed E-state index contributed by atoms with van der Waals surface area (Å²) in [6.07, 6.45) is 0.502. The molecule has 0 aromatic heterocycles. The number of rotatable bonds is 5. The molecule has 0 saturated carbocycles. The van der Waals surface area contributed by atoms with Crippen molar-refractivity contribution in [1.29, 1.82) is 0 Å². The minimum Gasteiger partial charge on any atom is -0.368 e. The van der Waals surface area contributed by atoms with Crippen molar-refractivity contribution in [3.05, 3.63) is 71.3 Å². The van der Waals surface area contributed by atoms with Gasteiger partial charge in [0, 0.05) is 45.7 Å². The maximum Gasteiger partial charge on any atom is 0.240 e. The Morgan fingerprint density at radius 3 is 2.17 bits per heavy atom. The van der Waals surface area contributed by atoms with Gasteiger partial charge in [0.25, 0.3) is 0 Å². The Morgan fingerprint density at radius 1 is 0.862 bits per heavy atom. The monoisotopic (exact) mass is 392 g/mol. The van der Waals surface area contributed by atoms with Crippen molar-refractivity contribution in [2.75, 3.05) is 32.7 Å². The predicted molar refractivity (Wildman–Crippen MR) is 112 cm³/mol. The van der Waals surface area contributed by atoms with E-state index in [1.165, 1.54) is 5.56 Å². The molecular formula is C23H28N4O2. The molecule has 6 heteroatoms. The number of nitrogens with zero attached hydrogens (tertiary/aromatic N) is 3. The second-order valence-electron chi connectivity index (χ2n) is 7.95. The van der Waals surface area contributed by atoms with Crippen molar-refractivity contribution in [2.24, 2.45) is 5.73 Å². The number of carbonyl (C=O) groups excluding carboxylic acids is 2. The van der Waals surface area contributed by atoms with E-state index in [-0.39, 0.29) is 5.91 Å². The zero-order chi connectivity index (χ0) is 20.2. The van der Waals surface area contributed by atoms with Gasteiger partial charge in [-0.05, 0) is 16.7 Å². The summed E-state index contributed by atoms with van der Waals surface area (Å²) in [5, 5.41) is 0. The van der Waals surface area contributed by atoms with Crippen LogP contribution in [0.25, 0.3) is 0 Å². The lowest BCUT2D eigenvalue weighted by Gasteiger charge is -2.38. The zero-order valence-electron chi connectivity index (χ0n) is 16.7. The molecule has 29 heavy (non-hydrogen) atoms. The smallest absolute Gasteiger partial charge is 0.240 e. The summed E-state index contributed by atoms with van der Waals surface area (Å²) in [5.41, 5.74) is 9.15. The summed E-state index contributed by atoms with van der Waals surface area (Å²) >= 11 is 0. The minimum atomic E-state index is -0.559. The van der Waals surface area contributed by atoms with E-state index in [0.717, 1.165) is 43.9 Å². The SMILES string of the molecule is NC(=O)[C@@H]1Cc2ccccc2CN1C(=O)CN1CCN(Cc2ccccc2)CC1. The third-order valence-electron chi connectivity index (χ3n) is 5.97. The molecule has 1 fully saturated rings. The number of nitrogens with two attached hydrogens (primary N) is 1. The standard InChI is InChI=1S/C23H28N4O2/c24-23(29)21-14-19-8-4-5-9-20(19)16-27(21)22(28)17-26-12-10-25(11-13-26)15-18-6-2-1-3-7-18/h1-9,21H,10-17H2,(H2,24,29)/t21-/m0/s1. The van der Waals surface area contributed by atoms with Crippen LogP contribution in [0.2, 0.25) is 0 Å². The average Bonchev–Trinajstić information content (AvgIpc) is 2.75. The molecule has 0 unspecified atom stereocenters. The molecule has 0 spiro atoms. The fourth-order valence-electron chi connectivity index (χ4n) is 4.27. The Bertz CT molecular complexity index is 862. The molecular weight excluding hydrogens is 364 g/mol. The first kappa shape index (κ1) is 19.6. The van der Waals surface area contributed by atoms with Crippen LogP contribution in [0, 0.1) is 0 Å². The van der Waals surface area contributed by atoms with Crippen LogP contribution >= 0.6 is 0 Å². The molecule has 2 aliphatic heterocycles. The lowest BCUT2D eigenvalue weighted by atomic mass is 9.93. The molecule has 2 aliphatic rings. The Labute approximate surface area is 171 Å². The van der Waals surface area contributed by atoms with Crippen LogP contribution in [0.3, 0.4) is 0 Å². The molecule has 2 aromatic carbocycles. The van der Waals surface area contributed by atoms with E-state index in [1.54, 1.807) is 4.90 Å². The van der Waals surface area contributed by atoms with Crippen molar-refractivity contribution >= 4 is 11.8 Å². The van der Waals surface area contributed by atoms with Crippen LogP contribution in [-0.2, 0) is 29.1 Å². The van der Waals surface area contributed by atoms with E-state index in [2.05, 4.69) is 34.1 Å². The number of amides is 2. The molecule has 0 bridgehead atoms. The maximum atomic E-state index is 13.0. The molecule has 152 valence electrons. The largest absolute Gasteiger partial charge is 0.368 e. The Morgan fingerprint density at radius 2 is 1.48 bits per heavy atom. The van der Waals surface area contributed by atoms with Gasteiger partial charge in [-0.3, -0.25) is 19.4 Å². The summed E-state index contributed by atoms with van der Waals surface area (Å²) in [5.74, 6) is -0.444. The van der Waals surface area contributed by atoms with E-state index in [4.69, 9.17) is 5.73 Å². The number of hydrogen-bond donors (Lipinski definition) is 1. The van der Waals surface area contributed by atoms with Gasteiger partial charge in [0.1, 0.15) is 6.04 Å². The van der Waals surface area contributed by atoms with Crippen LogP contribution in [0.4, 0.5) is 0 Å². The highest BCUT2D eigenvalue weighted by Crippen LogP contribution is 2.23. The molecule has 1 atom stereocenters. The quantitative estimate of drug-likeness (QED) is 0.831. The molecule has 0 aliphatic carbocycles. The summed E-state index contributed by atoms with van der Waals surface area (Å²) in [6, 6.07) is 17.9. The van der Waals surface area contributed by atoms with E-state index in [0.29, 0.717) is 19.5 Å². The second kappa shape index (κ2) is 8.76. The van der Waals surface area contributed by atoms with Gasteiger partial charge in [-0.15, -0.1) is 0 Å². The molecule has 2 aromatic rings. The van der Waals surface area contributed by atoms with Gasteiger partial charge in [-0.25, -0.2) is 0 Å². The molecule has 1 saturated heterocycles. The van der Waals surface area contributed by atoms with Gasteiger partial charge in [-0.2, -0.15) is 0 Å². The number of benzene rings is 2. The number of carbonyl (C=O) groups is 2. The van der Waals surface area contributed by atoms with Gasteiger partial charge in [0.15, 0.2) is 0 Å². The third kappa shape index (κ3) is 4.66. The predicted octanol–water partition coefficient (Wildman–Crippen LogP) is 1.24. The van der Waals surface area contributed by atoms with Gasteiger partial charge < -0.3 is 10.6 Å². The second-order valence-corrected chi connectivity index (χ2v) is 7.95. The summed E-state index contributed by atoms with van der Waals surface area (Å²) in [4.78, 5) is 31.3. The highest BCUT2D eigenvalue weighted by Gasteiger charge is 2.34. The normalized spacial score (nSPS) is 20.3. The van der Waals surface area contributed by atoms with E-state index < -0.39 is 11.9 Å². The third-order valence-corrected chi connectivity index (χ3v) is 5.97. The zero-order valence-corrected chi connectivity index (χ0v) is 16.7. The van der Waals surface area contributed by atoms with Crippen LogP contribution in [0.5, 0.6) is 0 Å². The van der Waals surface area contributed by atoms with E-state index >= 15 is 0 Å². The van der Waals surface area contributed by atoms with Gasteiger partial charge in [0.2, 0.25) is 11.8 Å². The first-order valence-corrected chi connectivity index (χ1v) is 10.2. The van der Waals surface area contributed by atoms with Crippen molar-refractivity contribution in [1.82, 2.24) is 14.7 Å². The number of fused-ring (bicyclic) bond motifs is 1. The Hall–Kier alpha value is -2.70. The average molecular weight is 393 g/mol. The fourth-order valence-corrected chi connectivity index (χ4v) is 4.27. The Balaban J connectivity index is 1.34. The summed E-state index contributed by atoms with van der Waals surface area (Å²) in [6.45, 7) is 5.31. The van der Waals surface area contributed by atoms with Gasteiger partial charge in [0.05, 0.1) is 6.54 Å². The van der Waals surface area contributed by atoms with Crippen LogP contribution in [-0.4, -0.2) is 65.3 Å². The summed E-state index contributed by atoms with van der Waals surface area (Å²) in [7, 11) is 0. The molecule has 2 amide bonds. The van der Waals surface area contributed by atoms with Crippen molar-refractivity contribution in [3.63, 3.8) is 0 Å². The number of primary amides is 1. The lowest BCUT2D eigenvalue weighted by Crippen LogP contribution is -2.55. The molecule has 2 N–H and O–H groups in total. The fraction of sp³-hybridized carbons (Fsp3) is 0.391. The van der Waals surface area contributed by atoms with Gasteiger partial charge in [-0.1, -0.05) is 54.6 Å². The molecule has 4 rings (SSSR count). The van der Waals surface area contributed by atoms with Crippen LogP contribution in [0.15, 0.2) is 54.6 Å². The molecule has 2 heterocycles. The highest BCUT2D eigenvalue weighted by atomic mass is 16.2. The van der Waals surface area contributed by atoms with E-state index in [9.17, 15) is 9.59 Å². The van der Waals surface area contributed by atoms with Crippen LogP contribution in [0.1, 0.15) is 16.7 Å². The first-order chi connectivity index (χ1) is 14.1. The van der Waals surface area contributed by atoms with E-state index in [1.807, 2.05) is 30.3 Å². The first-order valence-electron chi connectivity index (χ1n) is 10.2. The van der Waals surface area contributed by atoms with Gasteiger partial charge >= 0.3 is 0 Å². The lowest BCUT2D eigenvalue weighted by molar-refractivity contribution is -0.141. The van der Waals surface area contributed by atoms with Crippen molar-refractivity contribution in [2.45, 2.75) is 25.6 Å². The van der Waals surface area contributed by atoms with Crippen molar-refractivity contribution in [3.8, 4) is 0 Å². The number of piperazine rings is 1. The molecule has 0 radical (unpaired) electrons. The Kier molecular flexibility index (Phi) is 5.92. The summed E-state index contributed by atoms with van der Waals surface area (Å²) < 4.78 is 0. The van der Waals surface area contributed by atoms with Crippen molar-refractivity contribution < 1.29 is 9.59 Å². The number of hydrogen-bond acceptors (Lipinski definition) is 4. The van der Waals surface area contributed by atoms with Crippen LogP contribution < -0.4 is 5.73 Å². The maximum absolute atomic E-state index is 13.0. The highest BCUT2D eigenvalue weighted by molar-refractivity contribution is 5.88.